The van der Waals surface area contributed by atoms with Crippen LogP contribution in [0.5, 0.6) is 0 Å². The van der Waals surface area contributed by atoms with E-state index in [1.165, 1.54) is 0 Å². The van der Waals surface area contributed by atoms with Crippen LogP contribution in [0, 0.1) is 5.41 Å². The van der Waals surface area contributed by atoms with Crippen LogP contribution in [0.1, 0.15) is 46.5 Å². The largest absolute Gasteiger partial charge is 0.481 e. The number of hydrogen-bond donors (Lipinski definition) is 3. The van der Waals surface area contributed by atoms with Crippen molar-refractivity contribution in [3.63, 3.8) is 0 Å². The second-order valence-electron chi connectivity index (χ2n) is 5.25. The lowest BCUT2D eigenvalue weighted by Gasteiger charge is -2.17. The Morgan fingerprint density at radius 3 is 2.00 bits per heavy atom. The summed E-state index contributed by atoms with van der Waals surface area (Å²) in [6.07, 6.45) is 3.34. The zero-order valence-corrected chi connectivity index (χ0v) is 12.7. The van der Waals surface area contributed by atoms with E-state index >= 15 is 0 Å². The van der Waals surface area contributed by atoms with E-state index in [1.54, 1.807) is 0 Å². The third kappa shape index (κ3) is 12.7. The summed E-state index contributed by atoms with van der Waals surface area (Å²) in [6, 6.07) is 0. The molecule has 0 aliphatic heterocycles. The Hall–Kier alpha value is 0.260. The van der Waals surface area contributed by atoms with Gasteiger partial charge in [-0.3, -0.25) is 4.52 Å². The molecular weight excluding hydrogens is 282 g/mol. The summed E-state index contributed by atoms with van der Waals surface area (Å²) in [5.74, 6) is 0. The smallest absolute Gasteiger partial charge is 0.302 e. The molecule has 0 aromatic heterocycles. The molecule has 0 fully saturated rings. The number of unbranched alkanes of at least 4 members (excludes halogenated alkanes) is 2. The molecule has 0 rings (SSSR count). The zero-order chi connectivity index (χ0) is 14.4. The molecule has 0 bridgehead atoms. The maximum Gasteiger partial charge on any atom is 0.481 e. The van der Waals surface area contributed by atoms with Crippen LogP contribution in [0.4, 0.5) is 0 Å². The van der Waals surface area contributed by atoms with Gasteiger partial charge in [0.2, 0.25) is 0 Å². The third-order valence-corrected chi connectivity index (χ3v) is 4.22. The minimum Gasteiger partial charge on any atom is -0.302 e. The molecular formula is C9H22O7P2. The summed E-state index contributed by atoms with van der Waals surface area (Å²) in [4.78, 5) is 25.7. The van der Waals surface area contributed by atoms with E-state index in [4.69, 9.17) is 14.7 Å². The normalized spacial score (nSPS) is 16.6. The molecule has 0 saturated heterocycles. The molecule has 0 radical (unpaired) electrons. The summed E-state index contributed by atoms with van der Waals surface area (Å²) in [7, 11) is -9.67. The summed E-state index contributed by atoms with van der Waals surface area (Å²) >= 11 is 0. The van der Waals surface area contributed by atoms with Crippen LogP contribution in [0.2, 0.25) is 0 Å². The minimum atomic E-state index is -5.01. The van der Waals surface area contributed by atoms with Gasteiger partial charge in [-0.25, -0.2) is 9.13 Å². The molecule has 0 spiro atoms. The molecule has 0 aliphatic carbocycles. The standard InChI is InChI=1S/C9H22O7P2/c1-9(2,3)7-5-4-6-8-15-18(13,14)16-17(10,11)12/h4-8H2,1-3H3,(H,13,14)(H2,10,11,12). The molecule has 18 heavy (non-hydrogen) atoms. The van der Waals surface area contributed by atoms with Crippen molar-refractivity contribution in [2.24, 2.45) is 5.41 Å². The van der Waals surface area contributed by atoms with Crippen molar-refractivity contribution in [3.8, 4) is 0 Å². The van der Waals surface area contributed by atoms with E-state index in [9.17, 15) is 9.13 Å². The maximum absolute atomic E-state index is 11.0. The molecule has 9 heteroatoms. The molecule has 0 saturated carbocycles. The SMILES string of the molecule is CC(C)(C)CCCCCOP(=O)(O)OP(=O)(O)O. The van der Waals surface area contributed by atoms with Crippen LogP contribution in [-0.2, 0) is 18.0 Å². The zero-order valence-electron chi connectivity index (χ0n) is 10.9. The quantitative estimate of drug-likeness (QED) is 0.466. The van der Waals surface area contributed by atoms with Gasteiger partial charge in [0.25, 0.3) is 0 Å². The van der Waals surface area contributed by atoms with Gasteiger partial charge in [0.1, 0.15) is 0 Å². The van der Waals surface area contributed by atoms with Crippen molar-refractivity contribution in [2.45, 2.75) is 46.5 Å². The predicted octanol–water partition coefficient (Wildman–Crippen LogP) is 2.82. The van der Waals surface area contributed by atoms with E-state index in [2.05, 4.69) is 29.6 Å². The van der Waals surface area contributed by atoms with Crippen molar-refractivity contribution in [2.75, 3.05) is 6.61 Å². The first-order valence-electron chi connectivity index (χ1n) is 5.66. The maximum atomic E-state index is 11.0. The second kappa shape index (κ2) is 7.15. The lowest BCUT2D eigenvalue weighted by atomic mass is 9.89. The fraction of sp³-hybridized carbons (Fsp3) is 1.00. The van der Waals surface area contributed by atoms with E-state index in [0.29, 0.717) is 6.42 Å². The van der Waals surface area contributed by atoms with Crippen molar-refractivity contribution < 1.29 is 32.6 Å². The molecule has 110 valence electrons. The van der Waals surface area contributed by atoms with Gasteiger partial charge in [0, 0.05) is 0 Å². The Morgan fingerprint density at radius 2 is 1.56 bits per heavy atom. The van der Waals surface area contributed by atoms with Gasteiger partial charge in [-0.15, -0.1) is 0 Å². The summed E-state index contributed by atoms with van der Waals surface area (Å²) in [5, 5.41) is 0. The van der Waals surface area contributed by atoms with E-state index in [1.807, 2.05) is 0 Å². The highest BCUT2D eigenvalue weighted by Crippen LogP contribution is 2.57. The lowest BCUT2D eigenvalue weighted by molar-refractivity contribution is 0.175. The van der Waals surface area contributed by atoms with E-state index in [-0.39, 0.29) is 12.0 Å². The topological polar surface area (TPSA) is 113 Å². The molecule has 0 aliphatic rings. The Balaban J connectivity index is 3.72. The van der Waals surface area contributed by atoms with Gasteiger partial charge in [0.15, 0.2) is 0 Å². The number of phosphoric ester groups is 1. The van der Waals surface area contributed by atoms with Crippen LogP contribution < -0.4 is 0 Å². The monoisotopic (exact) mass is 304 g/mol. The van der Waals surface area contributed by atoms with Crippen LogP contribution in [0.3, 0.4) is 0 Å². The summed E-state index contributed by atoms with van der Waals surface area (Å²) in [6.45, 7) is 6.30. The Labute approximate surface area is 107 Å². The molecule has 1 atom stereocenters. The molecule has 0 amide bonds. The number of hydrogen-bond acceptors (Lipinski definition) is 4. The first-order chi connectivity index (χ1) is 7.91. The fourth-order valence-corrected chi connectivity index (χ4v) is 2.90. The highest BCUT2D eigenvalue weighted by Gasteiger charge is 2.31. The van der Waals surface area contributed by atoms with Crippen LogP contribution >= 0.6 is 15.6 Å². The van der Waals surface area contributed by atoms with Crippen LogP contribution in [0.25, 0.3) is 0 Å². The average molecular weight is 304 g/mol. The van der Waals surface area contributed by atoms with Gasteiger partial charge in [-0.2, -0.15) is 4.31 Å². The number of rotatable bonds is 8. The van der Waals surface area contributed by atoms with E-state index in [0.717, 1.165) is 19.3 Å². The first-order valence-corrected chi connectivity index (χ1v) is 8.68. The number of phosphoric acid groups is 2. The molecule has 0 aromatic carbocycles. The molecule has 3 N–H and O–H groups in total. The molecule has 0 aromatic rings. The van der Waals surface area contributed by atoms with Gasteiger partial charge >= 0.3 is 15.6 Å². The van der Waals surface area contributed by atoms with Crippen molar-refractivity contribution >= 4 is 15.6 Å². The summed E-state index contributed by atoms with van der Waals surface area (Å²) < 4.78 is 29.5. The minimum absolute atomic E-state index is 0.0715. The Bertz CT molecular complexity index is 330. The highest BCUT2D eigenvalue weighted by molar-refractivity contribution is 7.60. The van der Waals surface area contributed by atoms with Gasteiger partial charge in [0.05, 0.1) is 6.61 Å². The lowest BCUT2D eigenvalue weighted by Crippen LogP contribution is -2.04. The second-order valence-corrected chi connectivity index (χ2v) is 8.07. The van der Waals surface area contributed by atoms with Crippen molar-refractivity contribution in [3.05, 3.63) is 0 Å². The predicted molar refractivity (Wildman–Crippen MR) is 66.8 cm³/mol. The Kier molecular flexibility index (Phi) is 7.26. The molecule has 1 unspecified atom stereocenters. The van der Waals surface area contributed by atoms with E-state index < -0.39 is 15.6 Å². The van der Waals surface area contributed by atoms with Crippen LogP contribution in [0.15, 0.2) is 0 Å². The Morgan fingerprint density at radius 1 is 1.00 bits per heavy atom. The summed E-state index contributed by atoms with van der Waals surface area (Å²) in [5.41, 5.74) is 0.247. The average Bonchev–Trinajstić information content (AvgIpc) is 2.04. The van der Waals surface area contributed by atoms with Crippen molar-refractivity contribution in [1.29, 1.82) is 0 Å². The fourth-order valence-electron chi connectivity index (χ4n) is 1.27. The highest BCUT2D eigenvalue weighted by atomic mass is 31.3. The molecule has 0 heterocycles. The third-order valence-electron chi connectivity index (χ3n) is 2.04. The van der Waals surface area contributed by atoms with Gasteiger partial charge in [-0.1, -0.05) is 33.6 Å². The van der Waals surface area contributed by atoms with Crippen LogP contribution in [-0.4, -0.2) is 21.3 Å². The first kappa shape index (κ1) is 18.3. The molecule has 7 nitrogen and oxygen atoms in total. The van der Waals surface area contributed by atoms with Gasteiger partial charge < -0.3 is 14.7 Å². The van der Waals surface area contributed by atoms with Gasteiger partial charge in [-0.05, 0) is 18.3 Å². The van der Waals surface area contributed by atoms with Crippen molar-refractivity contribution in [1.82, 2.24) is 0 Å².